The number of esters is 2. The van der Waals surface area contributed by atoms with Gasteiger partial charge in [0, 0.05) is 95.4 Å². The maximum atomic E-state index is 14.0. The number of hydrogen-bond acceptors (Lipinski definition) is 14. The first-order valence-corrected chi connectivity index (χ1v) is 32.6. The Bertz CT molecular complexity index is 3500. The Kier molecular flexibility index (Phi) is 18.0. The van der Waals surface area contributed by atoms with Crippen LogP contribution in [0.5, 0.6) is 0 Å². The molecule has 20 heteroatoms. The van der Waals surface area contributed by atoms with Gasteiger partial charge in [0.2, 0.25) is 11.8 Å². The molecule has 4 aliphatic heterocycles. The van der Waals surface area contributed by atoms with Crippen molar-refractivity contribution in [3.8, 4) is 22.5 Å². The van der Waals surface area contributed by atoms with Crippen molar-refractivity contribution in [2.24, 2.45) is 0 Å². The fourth-order valence-corrected chi connectivity index (χ4v) is 16.0. The van der Waals surface area contributed by atoms with Crippen LogP contribution in [0.3, 0.4) is 0 Å². The van der Waals surface area contributed by atoms with Gasteiger partial charge in [-0.15, -0.1) is 22.7 Å². The van der Waals surface area contributed by atoms with E-state index in [2.05, 4.69) is 44.7 Å². The van der Waals surface area contributed by atoms with Crippen molar-refractivity contribution in [2.45, 2.75) is 142 Å². The van der Waals surface area contributed by atoms with Crippen LogP contribution < -0.4 is 9.80 Å². The third-order valence-electron chi connectivity index (χ3n) is 17.8. The first-order valence-electron chi connectivity index (χ1n) is 31.0. The van der Waals surface area contributed by atoms with Crippen LogP contribution in [0.15, 0.2) is 60.7 Å². The number of carbonyl (C=O) groups is 6. The summed E-state index contributed by atoms with van der Waals surface area (Å²) in [4.78, 5) is 90.8. The van der Waals surface area contributed by atoms with E-state index in [1.54, 1.807) is 26.0 Å². The zero-order chi connectivity index (χ0) is 60.6. The van der Waals surface area contributed by atoms with Crippen LogP contribution in [0.4, 0.5) is 21.0 Å². The fraction of sp³-hybridized carbons (Fsp3) is 0.545. The third kappa shape index (κ3) is 12.8. The second kappa shape index (κ2) is 25.4. The molecule has 4 amide bonds. The van der Waals surface area contributed by atoms with Gasteiger partial charge in [0.05, 0.1) is 51.7 Å². The Balaban J connectivity index is 0.000000179. The Morgan fingerprint density at radius 2 is 0.988 bits per heavy atom. The van der Waals surface area contributed by atoms with E-state index < -0.39 is 11.2 Å². The number of aromatic nitrogens is 2. The summed E-state index contributed by atoms with van der Waals surface area (Å²) in [6.45, 7) is 19.4. The molecule has 6 aliphatic rings. The van der Waals surface area contributed by atoms with E-state index >= 15 is 0 Å². The number of carbonyl (C=O) groups excluding carboxylic acids is 6. The molecule has 0 unspecified atom stereocenters. The molecule has 2 aliphatic carbocycles. The summed E-state index contributed by atoms with van der Waals surface area (Å²) in [5.74, 6) is -0.136. The van der Waals surface area contributed by atoms with Crippen LogP contribution in [-0.4, -0.2) is 169 Å². The maximum absolute atomic E-state index is 14.0. The Morgan fingerprint density at radius 1 is 0.535 bits per heavy atom. The average Bonchev–Trinajstić information content (AvgIpc) is 1.61. The van der Waals surface area contributed by atoms with Crippen LogP contribution in [0, 0.1) is 0 Å². The summed E-state index contributed by atoms with van der Waals surface area (Å²) < 4.78 is 28.1. The lowest BCUT2D eigenvalue weighted by molar-refractivity contribution is -0.133. The number of piperazine rings is 2. The largest absolute Gasteiger partial charge is 0.465 e. The van der Waals surface area contributed by atoms with Crippen molar-refractivity contribution in [2.75, 3.05) is 103 Å². The van der Waals surface area contributed by atoms with Gasteiger partial charge < -0.3 is 52.6 Å². The third-order valence-corrected chi connectivity index (χ3v) is 20.0. The van der Waals surface area contributed by atoms with Gasteiger partial charge in [-0.3, -0.25) is 14.5 Å². The molecular weight excluding hydrogens is 1130 g/mol. The lowest BCUT2D eigenvalue weighted by Gasteiger charge is -2.36. The van der Waals surface area contributed by atoms with Gasteiger partial charge in [-0.1, -0.05) is 74.9 Å². The molecule has 12 rings (SSSR count). The zero-order valence-corrected chi connectivity index (χ0v) is 53.0. The molecule has 8 heterocycles. The summed E-state index contributed by atoms with van der Waals surface area (Å²) in [5, 5.41) is 0. The predicted molar refractivity (Wildman–Crippen MR) is 338 cm³/mol. The van der Waals surface area contributed by atoms with E-state index in [-0.39, 0.29) is 49.0 Å². The number of benzene rings is 2. The van der Waals surface area contributed by atoms with Crippen LogP contribution in [-0.2, 0) is 41.6 Å². The Morgan fingerprint density at radius 3 is 1.50 bits per heavy atom. The van der Waals surface area contributed by atoms with E-state index in [9.17, 15) is 28.8 Å². The van der Waals surface area contributed by atoms with E-state index in [4.69, 9.17) is 18.9 Å². The molecule has 0 radical (unpaired) electrons. The SMILES string of the molecule is COC(=O)c1cc2c(s1)c(C1CCCCC1)c1n2CC(=O)N(CC(=O)N2CCN(C(=O)OC(C)(C)C)CC2)c2ccccc2-1.COC(=O)c1cc2c(s1)c(C1CCCCC1)c1n2CCN(CCN2CCN(C(=O)OC(C)(C)C)CC2)c2ccccc2-1. The zero-order valence-electron chi connectivity index (χ0n) is 51.4. The number of anilines is 2. The van der Waals surface area contributed by atoms with Gasteiger partial charge in [-0.2, -0.15) is 0 Å². The molecule has 86 heavy (non-hydrogen) atoms. The average molecular weight is 1210 g/mol. The maximum Gasteiger partial charge on any atom is 0.410 e. The number of rotatable bonds is 9. The molecular formula is C66H84N8O10S2. The van der Waals surface area contributed by atoms with Crippen LogP contribution in [0.25, 0.3) is 42.9 Å². The monoisotopic (exact) mass is 1210 g/mol. The minimum Gasteiger partial charge on any atom is -0.465 e. The van der Waals surface area contributed by atoms with Gasteiger partial charge in [0.15, 0.2) is 0 Å². The molecule has 0 atom stereocenters. The number of ether oxygens (including phenoxy) is 4. The first kappa shape index (κ1) is 60.8. The molecule has 6 aromatic rings. The summed E-state index contributed by atoms with van der Waals surface area (Å²) in [6, 6.07) is 20.6. The highest BCUT2D eigenvalue weighted by atomic mass is 32.1. The summed E-state index contributed by atoms with van der Waals surface area (Å²) in [6.07, 6.45) is 11.3. The second-order valence-corrected chi connectivity index (χ2v) is 27.8. The summed E-state index contributed by atoms with van der Waals surface area (Å²) >= 11 is 3.05. The van der Waals surface area contributed by atoms with Gasteiger partial charge in [0.25, 0.3) is 0 Å². The normalized spacial score (nSPS) is 18.1. The van der Waals surface area contributed by atoms with Crippen LogP contribution in [0.1, 0.15) is 148 Å². The summed E-state index contributed by atoms with van der Waals surface area (Å²) in [5.41, 5.74) is 10.2. The van der Waals surface area contributed by atoms with E-state index in [1.807, 2.05) is 81.3 Å². The van der Waals surface area contributed by atoms with Crippen molar-refractivity contribution in [3.63, 3.8) is 0 Å². The van der Waals surface area contributed by atoms with Crippen molar-refractivity contribution in [3.05, 3.63) is 81.5 Å². The van der Waals surface area contributed by atoms with Gasteiger partial charge in [-0.25, -0.2) is 19.2 Å². The molecule has 0 spiro atoms. The standard InChI is InChI=1S/C33H40N4O6S.C33H44N4O4S/c1-33(2,3)43-32(41)35-16-14-34(15-17-35)26(38)19-36-23-13-9-8-12-22(23)29-28(21-10-6-5-7-11-21)30-24(37(29)20-27(36)39)18-25(44-30)31(40)42-4;1-33(2,3)41-32(39)36-18-15-34(16-19-36)14-17-35-20-21-37-26-22-27(31(38)40-4)42-30(26)28(23-10-6-5-7-11-23)29(37)24-12-8-9-13-25(24)35/h8-9,12-13,18,21H,5-7,10-11,14-17,19-20H2,1-4H3;8-9,12-13,22-23H,5-7,10-11,14-21H2,1-4H3. The Labute approximate surface area is 512 Å². The molecule has 0 bridgehead atoms. The van der Waals surface area contributed by atoms with Crippen molar-refractivity contribution in [1.82, 2.24) is 28.7 Å². The molecule has 2 saturated carbocycles. The number of thiophene rings is 2. The number of methoxy groups -OCH3 is 2. The highest BCUT2D eigenvalue weighted by Gasteiger charge is 2.38. The molecule has 0 N–H and O–H groups in total. The van der Waals surface area contributed by atoms with E-state index in [0.29, 0.717) is 66.5 Å². The van der Waals surface area contributed by atoms with Gasteiger partial charge >= 0.3 is 24.1 Å². The molecule has 460 valence electrons. The van der Waals surface area contributed by atoms with E-state index in [0.717, 1.165) is 86.4 Å². The summed E-state index contributed by atoms with van der Waals surface area (Å²) in [7, 11) is 2.85. The van der Waals surface area contributed by atoms with Crippen molar-refractivity contribution < 1.29 is 47.7 Å². The molecule has 18 nitrogen and oxygen atoms in total. The second-order valence-electron chi connectivity index (χ2n) is 25.7. The van der Waals surface area contributed by atoms with Crippen LogP contribution >= 0.6 is 22.7 Å². The number of nitrogens with zero attached hydrogens (tertiary/aromatic N) is 8. The first-order chi connectivity index (χ1) is 41.3. The quantitative estimate of drug-likeness (QED) is 0.0993. The predicted octanol–water partition coefficient (Wildman–Crippen LogP) is 12.2. The number of para-hydroxylation sites is 2. The van der Waals surface area contributed by atoms with Crippen molar-refractivity contribution in [1.29, 1.82) is 0 Å². The highest BCUT2D eigenvalue weighted by molar-refractivity contribution is 7.21. The van der Waals surface area contributed by atoms with Crippen molar-refractivity contribution >= 4 is 90.4 Å². The minimum absolute atomic E-state index is 0.0598. The lowest BCUT2D eigenvalue weighted by atomic mass is 9.83. The smallest absolute Gasteiger partial charge is 0.410 e. The van der Waals surface area contributed by atoms with Gasteiger partial charge in [0.1, 0.15) is 34.0 Å². The van der Waals surface area contributed by atoms with Crippen LogP contribution in [0.2, 0.25) is 0 Å². The number of fused-ring (bicyclic) bond motifs is 10. The molecule has 2 saturated heterocycles. The minimum atomic E-state index is -0.587. The van der Waals surface area contributed by atoms with Gasteiger partial charge in [-0.05, 0) is 114 Å². The molecule has 2 aromatic carbocycles. The number of amides is 4. The molecule has 4 aromatic heterocycles. The molecule has 4 fully saturated rings. The number of hydrogen-bond donors (Lipinski definition) is 0. The topological polar surface area (TPSA) is 169 Å². The fourth-order valence-electron chi connectivity index (χ4n) is 13.6. The lowest BCUT2D eigenvalue weighted by Crippen LogP contribution is -2.54. The Hall–Kier alpha value is -6.90. The van der Waals surface area contributed by atoms with E-state index in [1.165, 1.54) is 102 Å². The highest BCUT2D eigenvalue weighted by Crippen LogP contribution is 2.51.